The molecule has 19 heavy (non-hydrogen) atoms. The first-order chi connectivity index (χ1) is 9.40. The Kier molecular flexibility index (Phi) is 4.86. The minimum absolute atomic E-state index is 0.338. The van der Waals surface area contributed by atoms with Crippen molar-refractivity contribution in [2.45, 2.75) is 0 Å². The van der Waals surface area contributed by atoms with Crippen LogP contribution in [0.3, 0.4) is 0 Å². The van der Waals surface area contributed by atoms with Gasteiger partial charge in [0.2, 0.25) is 5.95 Å². The number of fused-ring (bicyclic) bond motifs is 1. The van der Waals surface area contributed by atoms with Gasteiger partial charge in [-0.25, -0.2) is 4.98 Å². The van der Waals surface area contributed by atoms with Gasteiger partial charge in [0.25, 0.3) is 0 Å². The second-order valence-electron chi connectivity index (χ2n) is 3.62. The van der Waals surface area contributed by atoms with E-state index in [0.29, 0.717) is 32.3 Å². The molecular weight excluding hydrogens is 246 g/mol. The Morgan fingerprint density at radius 2 is 2.05 bits per heavy atom. The number of nitrogens with one attached hydrogen (secondary N) is 1. The van der Waals surface area contributed by atoms with Crippen LogP contribution in [0.15, 0.2) is 29.4 Å². The van der Waals surface area contributed by atoms with E-state index in [0.717, 1.165) is 11.0 Å². The molecule has 8 nitrogen and oxygen atoms in total. The smallest absolute Gasteiger partial charge is 0.243 e. The average molecular weight is 259 g/mol. The summed E-state index contributed by atoms with van der Waals surface area (Å²) in [5, 5.41) is 14.4. The summed E-state index contributed by atoms with van der Waals surface area (Å²) in [6.45, 7) is 1.79. The summed E-state index contributed by atoms with van der Waals surface area (Å²) in [6, 6.07) is 7.53. The number of hydrogen-bond acceptors (Lipinski definition) is 6. The fourth-order valence-electron chi connectivity index (χ4n) is 1.44. The van der Waals surface area contributed by atoms with Gasteiger partial charge < -0.3 is 10.1 Å². The zero-order valence-corrected chi connectivity index (χ0v) is 10.2. The Bertz CT molecular complexity index is 582. The summed E-state index contributed by atoms with van der Waals surface area (Å²) < 4.78 is 5.24. The van der Waals surface area contributed by atoms with Crippen molar-refractivity contribution in [1.29, 1.82) is 0 Å². The monoisotopic (exact) mass is 259 g/mol. The van der Waals surface area contributed by atoms with Gasteiger partial charge in [-0.3, -0.25) is 0 Å². The fourth-order valence-corrected chi connectivity index (χ4v) is 1.44. The highest BCUT2D eigenvalue weighted by atomic mass is 16.5. The normalized spacial score (nSPS) is 10.1. The minimum Gasteiger partial charge on any atom is -0.379 e. The van der Waals surface area contributed by atoms with Gasteiger partial charge >= 0.3 is 0 Å². The molecule has 0 aliphatic heterocycles. The molecule has 0 bridgehead atoms. The molecule has 2 rings (SSSR count). The van der Waals surface area contributed by atoms with E-state index in [2.05, 4.69) is 30.5 Å². The van der Waals surface area contributed by atoms with Crippen molar-refractivity contribution in [3.8, 4) is 0 Å². The molecule has 0 fully saturated rings. The van der Waals surface area contributed by atoms with Crippen molar-refractivity contribution < 1.29 is 4.74 Å². The number of nitrogens with zero attached hydrogens (tertiary/aromatic N) is 6. The average Bonchev–Trinajstić information content (AvgIpc) is 2.46. The van der Waals surface area contributed by atoms with E-state index in [1.807, 2.05) is 24.3 Å². The molecule has 0 unspecified atom stereocenters. The standard InChI is InChI=1S/C11H13N7O/c12-18-14-6-8-19-7-5-13-11-15-9-3-1-2-4-10(9)16-17-11/h1-4H,5-8H2,(H,13,15,17). The van der Waals surface area contributed by atoms with E-state index in [1.54, 1.807) is 0 Å². The third-order valence-corrected chi connectivity index (χ3v) is 2.29. The molecule has 0 aliphatic rings. The van der Waals surface area contributed by atoms with Crippen molar-refractivity contribution in [2.75, 3.05) is 31.6 Å². The summed E-state index contributed by atoms with van der Waals surface area (Å²) in [4.78, 5) is 6.95. The van der Waals surface area contributed by atoms with Crippen molar-refractivity contribution >= 4 is 17.0 Å². The van der Waals surface area contributed by atoms with Gasteiger partial charge in [0.1, 0.15) is 5.52 Å². The van der Waals surface area contributed by atoms with Crippen LogP contribution in [0.1, 0.15) is 0 Å². The van der Waals surface area contributed by atoms with Gasteiger partial charge in [0, 0.05) is 18.0 Å². The van der Waals surface area contributed by atoms with Crippen molar-refractivity contribution in [3.63, 3.8) is 0 Å². The maximum Gasteiger partial charge on any atom is 0.243 e. The lowest BCUT2D eigenvalue weighted by atomic mass is 10.3. The molecular formula is C11H13N7O. The maximum absolute atomic E-state index is 8.07. The lowest BCUT2D eigenvalue weighted by molar-refractivity contribution is 0.151. The largest absolute Gasteiger partial charge is 0.379 e. The van der Waals surface area contributed by atoms with E-state index in [4.69, 9.17) is 10.3 Å². The second kappa shape index (κ2) is 7.10. The van der Waals surface area contributed by atoms with Crippen LogP contribution in [0.5, 0.6) is 0 Å². The van der Waals surface area contributed by atoms with Crippen molar-refractivity contribution in [3.05, 3.63) is 34.7 Å². The highest BCUT2D eigenvalue weighted by Crippen LogP contribution is 2.08. The van der Waals surface area contributed by atoms with Crippen LogP contribution in [-0.4, -0.2) is 41.5 Å². The second-order valence-corrected chi connectivity index (χ2v) is 3.62. The highest BCUT2D eigenvalue weighted by Gasteiger charge is 1.99. The lowest BCUT2D eigenvalue weighted by Gasteiger charge is -2.05. The molecule has 1 heterocycles. The van der Waals surface area contributed by atoms with Crippen LogP contribution in [0.4, 0.5) is 5.95 Å². The number of aromatic nitrogens is 3. The minimum atomic E-state index is 0.338. The number of hydrogen-bond donors (Lipinski definition) is 1. The van der Waals surface area contributed by atoms with Gasteiger partial charge in [-0.1, -0.05) is 17.2 Å². The molecule has 98 valence electrons. The van der Waals surface area contributed by atoms with Gasteiger partial charge in [-0.15, -0.1) is 10.2 Å². The Morgan fingerprint density at radius 3 is 2.89 bits per heavy atom. The van der Waals surface area contributed by atoms with Crippen LogP contribution in [0.2, 0.25) is 0 Å². The molecule has 8 heteroatoms. The molecule has 1 aromatic heterocycles. The molecule has 0 saturated carbocycles. The van der Waals surface area contributed by atoms with E-state index in [-0.39, 0.29) is 0 Å². The van der Waals surface area contributed by atoms with Crippen LogP contribution in [0, 0.1) is 0 Å². The van der Waals surface area contributed by atoms with Gasteiger partial charge in [-0.05, 0) is 17.7 Å². The van der Waals surface area contributed by atoms with Crippen molar-refractivity contribution in [1.82, 2.24) is 15.2 Å². The molecule has 0 saturated heterocycles. The first-order valence-electron chi connectivity index (χ1n) is 5.82. The van der Waals surface area contributed by atoms with Gasteiger partial charge in [-0.2, -0.15) is 0 Å². The number of benzene rings is 1. The Balaban J connectivity index is 1.77. The van der Waals surface area contributed by atoms with Crippen molar-refractivity contribution in [2.24, 2.45) is 5.11 Å². The fraction of sp³-hybridized carbons (Fsp3) is 0.364. The Hall–Kier alpha value is -2.44. The zero-order valence-electron chi connectivity index (χ0n) is 10.2. The molecule has 0 aliphatic carbocycles. The molecule has 0 amide bonds. The molecule has 0 atom stereocenters. The topological polar surface area (TPSA) is 109 Å². The number of rotatable bonds is 7. The molecule has 0 spiro atoms. The van der Waals surface area contributed by atoms with E-state index >= 15 is 0 Å². The lowest BCUT2D eigenvalue weighted by Crippen LogP contribution is -2.13. The van der Waals surface area contributed by atoms with Gasteiger partial charge in [0.05, 0.1) is 18.7 Å². The number of para-hydroxylation sites is 1. The Labute approximate surface area is 109 Å². The highest BCUT2D eigenvalue weighted by molar-refractivity contribution is 5.73. The zero-order chi connectivity index (χ0) is 13.3. The predicted octanol–water partition coefficient (Wildman–Crippen LogP) is 1.76. The number of anilines is 1. The van der Waals surface area contributed by atoms with Crippen LogP contribution in [0.25, 0.3) is 21.5 Å². The molecule has 1 N–H and O–H groups in total. The van der Waals surface area contributed by atoms with Gasteiger partial charge in [0.15, 0.2) is 0 Å². The van der Waals surface area contributed by atoms with Crippen LogP contribution in [-0.2, 0) is 4.74 Å². The Morgan fingerprint density at radius 1 is 1.21 bits per heavy atom. The number of azide groups is 1. The van der Waals surface area contributed by atoms with E-state index < -0.39 is 0 Å². The summed E-state index contributed by atoms with van der Waals surface area (Å²) in [5.74, 6) is 0.470. The summed E-state index contributed by atoms with van der Waals surface area (Å²) in [5.41, 5.74) is 9.63. The third-order valence-electron chi connectivity index (χ3n) is 2.29. The van der Waals surface area contributed by atoms with Crippen LogP contribution < -0.4 is 5.32 Å². The summed E-state index contributed by atoms with van der Waals surface area (Å²) >= 11 is 0. The molecule has 0 radical (unpaired) electrons. The third kappa shape index (κ3) is 4.06. The first kappa shape index (κ1) is 13.0. The summed E-state index contributed by atoms with van der Waals surface area (Å²) in [6.07, 6.45) is 0. The van der Waals surface area contributed by atoms with E-state index in [1.165, 1.54) is 0 Å². The molecule has 1 aromatic carbocycles. The first-order valence-corrected chi connectivity index (χ1v) is 5.82. The van der Waals surface area contributed by atoms with Crippen LogP contribution >= 0.6 is 0 Å². The molecule has 2 aromatic rings. The summed E-state index contributed by atoms with van der Waals surface area (Å²) in [7, 11) is 0. The van der Waals surface area contributed by atoms with E-state index in [9.17, 15) is 0 Å². The SMILES string of the molecule is [N-]=[N+]=NCCOCCNc1nnc2ccccc2n1. The maximum atomic E-state index is 8.07. The number of ether oxygens (including phenoxy) is 1. The predicted molar refractivity (Wildman–Crippen MR) is 70.7 cm³/mol. The quantitative estimate of drug-likeness (QED) is 0.352.